The summed E-state index contributed by atoms with van der Waals surface area (Å²) in [5.41, 5.74) is 1.82. The van der Waals surface area contributed by atoms with E-state index < -0.39 is 23.8 Å². The maximum atomic E-state index is 13.2. The van der Waals surface area contributed by atoms with Crippen LogP contribution in [0.2, 0.25) is 5.02 Å². The van der Waals surface area contributed by atoms with Crippen molar-refractivity contribution in [3.8, 4) is 0 Å². The highest BCUT2D eigenvalue weighted by Crippen LogP contribution is 2.29. The van der Waals surface area contributed by atoms with Crippen molar-refractivity contribution in [3.63, 3.8) is 0 Å². The zero-order valence-corrected chi connectivity index (χ0v) is 21.6. The summed E-state index contributed by atoms with van der Waals surface area (Å²) in [4.78, 5) is 25.9. The number of nitrogens with zero attached hydrogens (tertiary/aromatic N) is 3. The van der Waals surface area contributed by atoms with E-state index >= 15 is 0 Å². The van der Waals surface area contributed by atoms with Gasteiger partial charge < -0.3 is 15.2 Å². The fourth-order valence-electron chi connectivity index (χ4n) is 3.65. The zero-order chi connectivity index (χ0) is 26.6. The van der Waals surface area contributed by atoms with Gasteiger partial charge in [0.15, 0.2) is 0 Å². The highest BCUT2D eigenvalue weighted by Gasteiger charge is 2.38. The number of alkyl halides is 3. The van der Waals surface area contributed by atoms with E-state index in [1.165, 1.54) is 19.1 Å². The summed E-state index contributed by atoms with van der Waals surface area (Å²) in [6, 6.07) is 9.38. The molecule has 1 atom stereocenters. The first kappa shape index (κ1) is 27.5. The second-order valence-corrected chi connectivity index (χ2v) is 9.57. The number of benzene rings is 2. The van der Waals surface area contributed by atoms with Crippen molar-refractivity contribution in [1.82, 2.24) is 20.1 Å². The molecule has 192 valence electrons. The number of amides is 2. The molecule has 0 saturated heterocycles. The molecule has 0 spiro atoms. The summed E-state index contributed by atoms with van der Waals surface area (Å²) >= 11 is 7.85. The van der Waals surface area contributed by atoms with Crippen molar-refractivity contribution in [2.45, 2.75) is 39.5 Å². The lowest BCUT2D eigenvalue weighted by Crippen LogP contribution is -2.35. The van der Waals surface area contributed by atoms with Crippen molar-refractivity contribution >= 4 is 40.9 Å². The van der Waals surface area contributed by atoms with E-state index in [9.17, 15) is 22.8 Å². The Bertz CT molecular complexity index is 1280. The zero-order valence-electron chi connectivity index (χ0n) is 20.0. The summed E-state index contributed by atoms with van der Waals surface area (Å²) in [5.74, 6) is -1.23. The highest BCUT2D eigenvalue weighted by molar-refractivity contribution is 7.98. The molecule has 0 unspecified atom stereocenters. The van der Waals surface area contributed by atoms with Crippen LogP contribution in [0.3, 0.4) is 0 Å². The molecule has 2 N–H and O–H groups in total. The molecular weight excluding hydrogens is 515 g/mol. The molecule has 0 aliphatic rings. The van der Waals surface area contributed by atoms with E-state index in [1.807, 2.05) is 13.2 Å². The topological polar surface area (TPSA) is 88.9 Å². The van der Waals surface area contributed by atoms with Gasteiger partial charge in [-0.05, 0) is 56.4 Å². The number of thioether (sulfide) groups is 1. The molecule has 36 heavy (non-hydrogen) atoms. The lowest BCUT2D eigenvalue weighted by Gasteiger charge is -2.17. The van der Waals surface area contributed by atoms with Crippen LogP contribution in [0.25, 0.3) is 0 Å². The van der Waals surface area contributed by atoms with Crippen LogP contribution in [0.15, 0.2) is 36.4 Å². The number of halogens is 4. The first-order valence-corrected chi connectivity index (χ1v) is 12.7. The van der Waals surface area contributed by atoms with Crippen molar-refractivity contribution in [1.29, 1.82) is 0 Å². The first-order valence-electron chi connectivity index (χ1n) is 10.9. The summed E-state index contributed by atoms with van der Waals surface area (Å²) in [6.07, 6.45) is -2.70. The summed E-state index contributed by atoms with van der Waals surface area (Å²) < 4.78 is 40.7. The quantitative estimate of drug-likeness (QED) is 0.403. The lowest BCUT2D eigenvalue weighted by molar-refractivity contribution is -0.147. The van der Waals surface area contributed by atoms with Crippen LogP contribution in [0.4, 0.5) is 18.9 Å². The molecule has 1 heterocycles. The molecule has 0 bridgehead atoms. The summed E-state index contributed by atoms with van der Waals surface area (Å²) in [7, 11) is 0. The number of carbonyl (C=O) groups is 2. The maximum absolute atomic E-state index is 13.2. The lowest BCUT2D eigenvalue weighted by atomic mass is 10.0. The SMILES string of the molecule is CSC[C@H](C)NC(=O)c1c(Cl)cccc1C(=O)Nc1ccc(Cn2c(C)nnc2C(F)(F)F)cc1C. The average Bonchev–Trinajstić information content (AvgIpc) is 3.15. The molecular formula is C24H25ClF3N5O2S. The molecule has 1 aromatic heterocycles. The Morgan fingerprint density at radius 1 is 1.14 bits per heavy atom. The van der Waals surface area contributed by atoms with Crippen LogP contribution in [0.5, 0.6) is 0 Å². The molecule has 3 rings (SSSR count). The van der Waals surface area contributed by atoms with E-state index in [-0.39, 0.29) is 34.6 Å². The molecule has 0 aliphatic carbocycles. The van der Waals surface area contributed by atoms with E-state index in [4.69, 9.17) is 11.6 Å². The predicted molar refractivity (Wildman–Crippen MR) is 135 cm³/mol. The third-order valence-electron chi connectivity index (χ3n) is 5.35. The normalized spacial score (nSPS) is 12.3. The van der Waals surface area contributed by atoms with E-state index in [1.54, 1.807) is 43.0 Å². The Hall–Kier alpha value is -3.05. The van der Waals surface area contributed by atoms with Gasteiger partial charge in [-0.2, -0.15) is 24.9 Å². The fourth-order valence-corrected chi connectivity index (χ4v) is 4.49. The van der Waals surface area contributed by atoms with Gasteiger partial charge in [0.25, 0.3) is 11.8 Å². The van der Waals surface area contributed by atoms with Gasteiger partial charge in [0.05, 0.1) is 22.7 Å². The van der Waals surface area contributed by atoms with Crippen LogP contribution >= 0.6 is 23.4 Å². The smallest absolute Gasteiger partial charge is 0.349 e. The minimum absolute atomic E-state index is 0.0710. The molecule has 3 aromatic rings. The van der Waals surface area contributed by atoms with Crippen molar-refractivity contribution in [3.05, 3.63) is 75.3 Å². The van der Waals surface area contributed by atoms with Gasteiger partial charge in [0.1, 0.15) is 5.82 Å². The predicted octanol–water partition coefficient (Wildman–Crippen LogP) is 5.35. The molecule has 0 aliphatic heterocycles. The Morgan fingerprint density at radius 3 is 2.50 bits per heavy atom. The van der Waals surface area contributed by atoms with Crippen molar-refractivity contribution in [2.24, 2.45) is 0 Å². The van der Waals surface area contributed by atoms with Crippen molar-refractivity contribution in [2.75, 3.05) is 17.3 Å². The Morgan fingerprint density at radius 2 is 1.86 bits per heavy atom. The van der Waals surface area contributed by atoms with Gasteiger partial charge in [0.2, 0.25) is 5.82 Å². The number of carbonyl (C=O) groups excluding carboxylic acids is 2. The molecule has 0 radical (unpaired) electrons. The molecule has 2 amide bonds. The van der Waals surface area contributed by atoms with E-state index in [0.29, 0.717) is 22.6 Å². The van der Waals surface area contributed by atoms with Gasteiger partial charge >= 0.3 is 6.18 Å². The summed E-state index contributed by atoms with van der Waals surface area (Å²) in [5, 5.41) is 12.5. The maximum Gasteiger partial charge on any atom is 0.451 e. The minimum Gasteiger partial charge on any atom is -0.349 e. The average molecular weight is 540 g/mol. The van der Waals surface area contributed by atoms with Gasteiger partial charge in [-0.1, -0.05) is 29.8 Å². The van der Waals surface area contributed by atoms with Gasteiger partial charge in [0, 0.05) is 17.5 Å². The van der Waals surface area contributed by atoms with Gasteiger partial charge in [-0.15, -0.1) is 10.2 Å². The second kappa shape index (κ2) is 11.3. The number of aromatic nitrogens is 3. The standard InChI is InChI=1S/C24H25ClF3N5O2S/c1-13-10-16(11-33-15(3)31-32-23(33)24(26,27)28)8-9-19(13)30-21(34)17-6-5-7-18(25)20(17)22(35)29-14(2)12-36-4/h5-10,14H,11-12H2,1-4H3,(H,29,35)(H,30,34)/t14-/m0/s1. The minimum atomic E-state index is -4.63. The highest BCUT2D eigenvalue weighted by atomic mass is 35.5. The molecule has 0 saturated carbocycles. The monoisotopic (exact) mass is 539 g/mol. The molecule has 7 nitrogen and oxygen atoms in total. The Kier molecular flexibility index (Phi) is 8.67. The van der Waals surface area contributed by atoms with Crippen LogP contribution in [0.1, 0.15) is 50.4 Å². The molecule has 2 aromatic carbocycles. The number of hydrogen-bond donors (Lipinski definition) is 2. The third-order valence-corrected chi connectivity index (χ3v) is 6.50. The number of rotatable bonds is 8. The van der Waals surface area contributed by atoms with Crippen LogP contribution in [-0.2, 0) is 12.7 Å². The Balaban J connectivity index is 1.82. The van der Waals surface area contributed by atoms with Crippen LogP contribution in [0, 0.1) is 13.8 Å². The molecule has 12 heteroatoms. The van der Waals surface area contributed by atoms with Crippen molar-refractivity contribution < 1.29 is 22.8 Å². The fraction of sp³-hybridized carbons (Fsp3) is 0.333. The van der Waals surface area contributed by atoms with E-state index in [0.717, 1.165) is 4.57 Å². The number of nitrogens with one attached hydrogen (secondary N) is 2. The Labute approximate surface area is 215 Å². The van der Waals surface area contributed by atoms with Crippen LogP contribution < -0.4 is 10.6 Å². The second-order valence-electron chi connectivity index (χ2n) is 8.25. The van der Waals surface area contributed by atoms with Crippen LogP contribution in [-0.4, -0.2) is 44.6 Å². The number of aryl methyl sites for hydroxylation is 2. The van der Waals surface area contributed by atoms with E-state index in [2.05, 4.69) is 20.8 Å². The summed E-state index contributed by atoms with van der Waals surface area (Å²) in [6.45, 7) is 4.94. The van der Waals surface area contributed by atoms with Gasteiger partial charge in [-0.25, -0.2) is 0 Å². The van der Waals surface area contributed by atoms with Gasteiger partial charge in [-0.3, -0.25) is 9.59 Å². The number of hydrogen-bond acceptors (Lipinski definition) is 5. The largest absolute Gasteiger partial charge is 0.451 e. The number of anilines is 1. The first-order chi connectivity index (χ1) is 16.9. The molecule has 0 fully saturated rings. The third kappa shape index (κ3) is 6.38.